The van der Waals surface area contributed by atoms with Crippen LogP contribution in [0.5, 0.6) is 0 Å². The largest absolute Gasteiger partial charge is 0.387 e. The number of aromatic nitrogens is 5. The molecule has 1 saturated heterocycles. The van der Waals surface area contributed by atoms with Gasteiger partial charge in [-0.1, -0.05) is 37.3 Å². The van der Waals surface area contributed by atoms with E-state index in [1.165, 1.54) is 6.33 Å². The van der Waals surface area contributed by atoms with Gasteiger partial charge in [0, 0.05) is 25.0 Å². The van der Waals surface area contributed by atoms with E-state index >= 15 is 0 Å². The minimum absolute atomic E-state index is 0.241. The number of nitrogens with zero attached hydrogens (tertiary/aromatic N) is 5. The zero-order valence-corrected chi connectivity index (χ0v) is 19.3. The molecule has 11 heteroatoms. The van der Waals surface area contributed by atoms with Gasteiger partial charge in [0.05, 0.1) is 17.1 Å². The highest BCUT2D eigenvalue weighted by Gasteiger charge is 2.48. The molecular formula is C24H27N7O4. The highest BCUT2D eigenvalue weighted by Crippen LogP contribution is 2.38. The van der Waals surface area contributed by atoms with E-state index in [0.29, 0.717) is 28.7 Å². The van der Waals surface area contributed by atoms with Crippen LogP contribution in [0.25, 0.3) is 22.3 Å². The van der Waals surface area contributed by atoms with E-state index in [4.69, 9.17) is 10.5 Å². The second-order valence-electron chi connectivity index (χ2n) is 8.59. The number of hydrogen-bond acceptors (Lipinski definition) is 8. The molecule has 0 saturated carbocycles. The van der Waals surface area contributed by atoms with E-state index in [-0.39, 0.29) is 11.9 Å². The summed E-state index contributed by atoms with van der Waals surface area (Å²) in [6, 6.07) is 11.1. The minimum Gasteiger partial charge on any atom is -0.387 e. The van der Waals surface area contributed by atoms with Crippen LogP contribution in [0, 0.1) is 0 Å². The van der Waals surface area contributed by atoms with Crippen LogP contribution in [0.4, 0.5) is 5.82 Å². The third-order valence-electron chi connectivity index (χ3n) is 6.33. The van der Waals surface area contributed by atoms with Crippen molar-refractivity contribution in [3.05, 3.63) is 60.7 Å². The average molecular weight is 478 g/mol. The zero-order valence-electron chi connectivity index (χ0n) is 19.3. The van der Waals surface area contributed by atoms with Crippen LogP contribution in [0.3, 0.4) is 0 Å². The van der Waals surface area contributed by atoms with Crippen LogP contribution < -0.4 is 11.1 Å². The molecule has 5 rings (SSSR count). The number of hydrogen-bond donors (Lipinski definition) is 4. The number of benzene rings is 1. The lowest BCUT2D eigenvalue weighted by Crippen LogP contribution is -2.44. The second kappa shape index (κ2) is 9.10. The Morgan fingerprint density at radius 3 is 2.66 bits per heavy atom. The summed E-state index contributed by atoms with van der Waals surface area (Å²) in [6.07, 6.45) is 0.266. The molecule has 5 atom stereocenters. The monoisotopic (exact) mass is 477 g/mol. The smallest absolute Gasteiger partial charge is 0.252 e. The van der Waals surface area contributed by atoms with Crippen molar-refractivity contribution < 1.29 is 19.7 Å². The van der Waals surface area contributed by atoms with Gasteiger partial charge in [0.25, 0.3) is 5.91 Å². The van der Waals surface area contributed by atoms with Crippen molar-refractivity contribution >= 4 is 22.8 Å². The van der Waals surface area contributed by atoms with Crippen LogP contribution in [0.2, 0.25) is 0 Å². The number of nitrogen functional groups attached to an aromatic ring is 1. The normalized spacial score (nSPS) is 23.0. The van der Waals surface area contributed by atoms with Gasteiger partial charge >= 0.3 is 0 Å². The summed E-state index contributed by atoms with van der Waals surface area (Å²) < 4.78 is 9.16. The molecule has 35 heavy (non-hydrogen) atoms. The van der Waals surface area contributed by atoms with Crippen molar-refractivity contribution in [3.8, 4) is 11.3 Å². The van der Waals surface area contributed by atoms with Gasteiger partial charge < -0.3 is 30.6 Å². The van der Waals surface area contributed by atoms with Gasteiger partial charge in [-0.2, -0.15) is 5.10 Å². The maximum absolute atomic E-state index is 13.1. The summed E-state index contributed by atoms with van der Waals surface area (Å²) in [7, 11) is 1.80. The molecule has 1 aliphatic rings. The van der Waals surface area contributed by atoms with Crippen molar-refractivity contribution in [2.24, 2.45) is 7.05 Å². The molecule has 0 bridgehead atoms. The molecule has 5 N–H and O–H groups in total. The number of amides is 1. The number of aliphatic hydroxyl groups is 2. The molecular weight excluding hydrogens is 450 g/mol. The lowest BCUT2D eigenvalue weighted by atomic mass is 10.0. The van der Waals surface area contributed by atoms with Gasteiger partial charge in [-0.25, -0.2) is 9.97 Å². The van der Waals surface area contributed by atoms with Crippen molar-refractivity contribution in [1.82, 2.24) is 29.6 Å². The van der Waals surface area contributed by atoms with Gasteiger partial charge in [0.1, 0.15) is 30.0 Å². The summed E-state index contributed by atoms with van der Waals surface area (Å²) >= 11 is 0. The zero-order chi connectivity index (χ0) is 24.7. The van der Waals surface area contributed by atoms with E-state index in [1.807, 2.05) is 43.3 Å². The summed E-state index contributed by atoms with van der Waals surface area (Å²) in [5, 5.41) is 29.5. The fraction of sp³-hybridized carbons (Fsp3) is 0.333. The van der Waals surface area contributed by atoms with Gasteiger partial charge in [0.15, 0.2) is 12.3 Å². The Bertz CT molecular complexity index is 1350. The summed E-state index contributed by atoms with van der Waals surface area (Å²) in [5.41, 5.74) is 8.77. The van der Waals surface area contributed by atoms with E-state index in [9.17, 15) is 15.0 Å². The first kappa shape index (κ1) is 23.0. The minimum atomic E-state index is -1.44. The van der Waals surface area contributed by atoms with Gasteiger partial charge in [0.2, 0.25) is 0 Å². The number of anilines is 1. The Morgan fingerprint density at radius 1 is 1.20 bits per heavy atom. The predicted octanol–water partition coefficient (Wildman–Crippen LogP) is 1.30. The third-order valence-corrected chi connectivity index (χ3v) is 6.33. The SMILES string of the molecule is CCC(NC(=O)[C@H]1O[C@@H](n2cc(-c3ccn(C)n3)c3c(N)ncnc32)[C@H](O)[C@@H]1O)c1ccccc1. The standard InChI is InChI=1S/C24H27N7O4/c1-3-15(13-7-5-4-6-8-13)28-23(34)20-18(32)19(33)24(35-20)31-11-14(16-9-10-30(2)29-16)17-21(25)26-12-27-22(17)31/h4-12,15,18-20,24,32-33H,3H2,1-2H3,(H,28,34)(H2,25,26,27)/t15?,18-,19+,20-,24+/m0/s1. The highest BCUT2D eigenvalue weighted by atomic mass is 16.6. The molecule has 182 valence electrons. The van der Waals surface area contributed by atoms with Crippen molar-refractivity contribution in [3.63, 3.8) is 0 Å². The topological polar surface area (TPSA) is 153 Å². The van der Waals surface area contributed by atoms with E-state index in [0.717, 1.165) is 5.56 Å². The average Bonchev–Trinajstić information content (AvgIpc) is 3.54. The fourth-order valence-corrected chi connectivity index (χ4v) is 4.52. The molecule has 0 aliphatic carbocycles. The molecule has 1 unspecified atom stereocenters. The second-order valence-corrected chi connectivity index (χ2v) is 8.59. The number of ether oxygens (including phenoxy) is 1. The number of aliphatic hydroxyl groups excluding tert-OH is 2. The summed E-state index contributed by atoms with van der Waals surface area (Å²) in [5.74, 6) is -0.268. The lowest BCUT2D eigenvalue weighted by Gasteiger charge is -2.21. The van der Waals surface area contributed by atoms with Crippen LogP contribution in [0.1, 0.15) is 31.2 Å². The third kappa shape index (κ3) is 4.03. The van der Waals surface area contributed by atoms with Crippen molar-refractivity contribution in [2.45, 2.75) is 43.9 Å². The predicted molar refractivity (Wildman–Crippen MR) is 128 cm³/mol. The molecule has 4 heterocycles. The van der Waals surface area contributed by atoms with E-state index in [1.54, 1.807) is 28.7 Å². The Balaban J connectivity index is 1.46. The molecule has 4 aromatic rings. The van der Waals surface area contributed by atoms with E-state index in [2.05, 4.69) is 20.4 Å². The van der Waals surface area contributed by atoms with E-state index < -0.39 is 30.4 Å². The quantitative estimate of drug-likeness (QED) is 0.324. The molecule has 3 aromatic heterocycles. The number of fused-ring (bicyclic) bond motifs is 1. The molecule has 1 aliphatic heterocycles. The molecule has 1 fully saturated rings. The number of nitrogens with two attached hydrogens (primary N) is 1. The first-order valence-electron chi connectivity index (χ1n) is 11.4. The Kier molecular flexibility index (Phi) is 5.97. The van der Waals surface area contributed by atoms with Crippen LogP contribution in [0.15, 0.2) is 55.1 Å². The molecule has 0 spiro atoms. The lowest BCUT2D eigenvalue weighted by molar-refractivity contribution is -0.138. The van der Waals surface area contributed by atoms with Crippen LogP contribution in [-0.4, -0.2) is 58.7 Å². The number of rotatable bonds is 6. The molecule has 11 nitrogen and oxygen atoms in total. The maximum atomic E-state index is 13.1. The van der Waals surface area contributed by atoms with Crippen molar-refractivity contribution in [1.29, 1.82) is 0 Å². The van der Waals surface area contributed by atoms with Crippen LogP contribution in [-0.2, 0) is 16.6 Å². The Hall–Kier alpha value is -3.80. The number of aryl methyl sites for hydroxylation is 1. The Morgan fingerprint density at radius 2 is 1.97 bits per heavy atom. The van der Waals surface area contributed by atoms with Gasteiger partial charge in [-0.15, -0.1) is 0 Å². The summed E-state index contributed by atoms with van der Waals surface area (Å²) in [6.45, 7) is 1.96. The van der Waals surface area contributed by atoms with Crippen molar-refractivity contribution in [2.75, 3.05) is 5.73 Å². The maximum Gasteiger partial charge on any atom is 0.252 e. The first-order valence-corrected chi connectivity index (χ1v) is 11.4. The number of carbonyl (C=O) groups is 1. The fourth-order valence-electron chi connectivity index (χ4n) is 4.52. The first-order chi connectivity index (χ1) is 16.9. The highest BCUT2D eigenvalue weighted by molar-refractivity contribution is 5.99. The Labute approximate surface area is 201 Å². The molecule has 1 amide bonds. The van der Waals surface area contributed by atoms with Gasteiger partial charge in [-0.3, -0.25) is 9.48 Å². The summed E-state index contributed by atoms with van der Waals surface area (Å²) in [4.78, 5) is 21.5. The number of nitrogens with one attached hydrogen (secondary N) is 1. The van der Waals surface area contributed by atoms with Gasteiger partial charge in [-0.05, 0) is 18.1 Å². The van der Waals surface area contributed by atoms with Crippen LogP contribution >= 0.6 is 0 Å². The molecule has 1 aromatic carbocycles. The molecule has 0 radical (unpaired) electrons. The number of carbonyl (C=O) groups excluding carboxylic acids is 1.